The Bertz CT molecular complexity index is 273. The van der Waals surface area contributed by atoms with Crippen molar-refractivity contribution in [2.75, 3.05) is 72.7 Å². The van der Waals surface area contributed by atoms with E-state index in [0.29, 0.717) is 66.1 Å². The molecule has 0 aromatic carbocycles. The third-order valence-electron chi connectivity index (χ3n) is 2.63. The van der Waals surface area contributed by atoms with Crippen LogP contribution < -0.4 is 0 Å². The van der Waals surface area contributed by atoms with Gasteiger partial charge in [0.05, 0.1) is 85.2 Å². The lowest BCUT2D eigenvalue weighted by Crippen LogP contribution is -2.15. The van der Waals surface area contributed by atoms with Crippen LogP contribution in [0.2, 0.25) is 0 Å². The van der Waals surface area contributed by atoms with Crippen LogP contribution in [0.3, 0.4) is 0 Å². The Hall–Kier alpha value is -0.770. The first-order valence-electron chi connectivity index (χ1n) is 8.35. The molecule has 8 heteroatoms. The molecule has 1 N–H and O–H groups in total. The molecule has 0 fully saturated rings. The minimum absolute atomic E-state index is 0.0138. The predicted octanol–water partition coefficient (Wildman–Crippen LogP) is 0.969. The Kier molecular flexibility index (Phi) is 18.0. The van der Waals surface area contributed by atoms with Crippen LogP contribution in [-0.2, 0) is 33.2 Å². The lowest BCUT2D eigenvalue weighted by atomic mass is 10.5. The van der Waals surface area contributed by atoms with Crippen molar-refractivity contribution < 1.29 is 38.3 Å². The molecule has 0 amide bonds. The molecule has 0 heterocycles. The highest BCUT2D eigenvalue weighted by molar-refractivity contribution is 5.66. The zero-order valence-electron chi connectivity index (χ0n) is 14.9. The first-order valence-corrected chi connectivity index (χ1v) is 8.35. The van der Waals surface area contributed by atoms with Gasteiger partial charge in [0, 0.05) is 0 Å². The summed E-state index contributed by atoms with van der Waals surface area (Å²) in [4.78, 5) is 10.2. The van der Waals surface area contributed by atoms with Crippen molar-refractivity contribution in [1.29, 1.82) is 0 Å². The smallest absolute Gasteiger partial charge is 0.305 e. The Morgan fingerprint density at radius 3 is 1.33 bits per heavy atom. The van der Waals surface area contributed by atoms with Crippen molar-refractivity contribution in [3.63, 3.8) is 0 Å². The van der Waals surface area contributed by atoms with Crippen LogP contribution in [0.4, 0.5) is 0 Å². The minimum Gasteiger partial charge on any atom is -0.481 e. The van der Waals surface area contributed by atoms with Gasteiger partial charge in [0.15, 0.2) is 0 Å². The number of rotatable bonds is 19. The highest BCUT2D eigenvalue weighted by Crippen LogP contribution is 1.88. The minimum atomic E-state index is -0.863. The van der Waals surface area contributed by atoms with Crippen LogP contribution in [0.5, 0.6) is 0 Å². The van der Waals surface area contributed by atoms with Gasteiger partial charge in [-0.15, -0.1) is 0 Å². The maximum atomic E-state index is 10.2. The van der Waals surface area contributed by atoms with Crippen LogP contribution >= 0.6 is 0 Å². The average molecular weight is 352 g/mol. The molecule has 0 bridgehead atoms. The Morgan fingerprint density at radius 2 is 1.00 bits per heavy atom. The van der Waals surface area contributed by atoms with E-state index in [4.69, 9.17) is 33.5 Å². The van der Waals surface area contributed by atoms with Crippen molar-refractivity contribution in [2.45, 2.75) is 26.4 Å². The highest BCUT2D eigenvalue weighted by Gasteiger charge is 1.97. The first-order chi connectivity index (χ1) is 11.6. The molecule has 0 saturated carbocycles. The van der Waals surface area contributed by atoms with E-state index in [1.807, 2.05) is 13.8 Å². The summed E-state index contributed by atoms with van der Waals surface area (Å²) in [5, 5.41) is 8.41. The molecule has 0 radical (unpaired) electrons. The van der Waals surface area contributed by atoms with Gasteiger partial charge in [0.1, 0.15) is 0 Å². The van der Waals surface area contributed by atoms with Gasteiger partial charge in [-0.05, 0) is 13.8 Å². The summed E-state index contributed by atoms with van der Waals surface area (Å²) in [6.07, 6.45) is 0.246. The summed E-state index contributed by atoms with van der Waals surface area (Å²) in [5.41, 5.74) is 0. The van der Waals surface area contributed by atoms with Crippen molar-refractivity contribution in [2.24, 2.45) is 0 Å². The maximum absolute atomic E-state index is 10.2. The van der Waals surface area contributed by atoms with Crippen molar-refractivity contribution >= 4 is 5.97 Å². The average Bonchev–Trinajstić information content (AvgIpc) is 2.53. The van der Waals surface area contributed by atoms with Gasteiger partial charge in [0.25, 0.3) is 0 Å². The predicted molar refractivity (Wildman–Crippen MR) is 87.4 cm³/mol. The Morgan fingerprint density at radius 1 is 0.667 bits per heavy atom. The van der Waals surface area contributed by atoms with E-state index in [-0.39, 0.29) is 19.1 Å². The molecule has 0 aliphatic carbocycles. The van der Waals surface area contributed by atoms with Gasteiger partial charge in [0.2, 0.25) is 0 Å². The molecule has 0 atom stereocenters. The van der Waals surface area contributed by atoms with Crippen LogP contribution in [0.15, 0.2) is 0 Å². The van der Waals surface area contributed by atoms with E-state index >= 15 is 0 Å². The van der Waals surface area contributed by atoms with E-state index in [9.17, 15) is 4.79 Å². The van der Waals surface area contributed by atoms with E-state index in [2.05, 4.69) is 0 Å². The molecule has 8 nitrogen and oxygen atoms in total. The molecular formula is C16H32O8. The number of ether oxygens (including phenoxy) is 6. The molecule has 0 unspecified atom stereocenters. The summed E-state index contributed by atoms with van der Waals surface area (Å²) in [6.45, 7) is 9.26. The normalized spacial score (nSPS) is 11.3. The van der Waals surface area contributed by atoms with Crippen LogP contribution in [0, 0.1) is 0 Å². The molecule has 0 spiro atoms. The molecule has 24 heavy (non-hydrogen) atoms. The second-order valence-corrected chi connectivity index (χ2v) is 5.13. The molecule has 0 rings (SSSR count). The summed E-state index contributed by atoms with van der Waals surface area (Å²) in [6, 6.07) is 0. The zero-order valence-corrected chi connectivity index (χ0v) is 14.9. The fourth-order valence-corrected chi connectivity index (χ4v) is 1.48. The highest BCUT2D eigenvalue weighted by atomic mass is 16.6. The monoisotopic (exact) mass is 352 g/mol. The number of carbonyl (C=O) groups is 1. The van der Waals surface area contributed by atoms with Crippen molar-refractivity contribution in [3.05, 3.63) is 0 Å². The van der Waals surface area contributed by atoms with Gasteiger partial charge >= 0.3 is 5.97 Å². The van der Waals surface area contributed by atoms with Gasteiger partial charge in [-0.1, -0.05) is 0 Å². The van der Waals surface area contributed by atoms with E-state index in [1.165, 1.54) is 0 Å². The van der Waals surface area contributed by atoms with Crippen molar-refractivity contribution in [1.82, 2.24) is 0 Å². The summed E-state index contributed by atoms with van der Waals surface area (Å²) in [5.74, 6) is -0.863. The second kappa shape index (κ2) is 18.6. The SMILES string of the molecule is CC(C)OCCOCCOCCOCCOCCOCCC(=O)O. The fraction of sp³-hybridized carbons (Fsp3) is 0.938. The topological polar surface area (TPSA) is 92.7 Å². The molecule has 144 valence electrons. The number of aliphatic carboxylic acids is 1. The molecule has 0 saturated heterocycles. The quantitative estimate of drug-likeness (QED) is 0.344. The molecule has 0 aromatic heterocycles. The summed E-state index contributed by atoms with van der Waals surface area (Å²) < 4.78 is 31.7. The van der Waals surface area contributed by atoms with Crippen molar-refractivity contribution in [3.8, 4) is 0 Å². The van der Waals surface area contributed by atoms with Gasteiger partial charge in [-0.2, -0.15) is 0 Å². The number of carboxylic acid groups (broad SMARTS) is 1. The third kappa shape index (κ3) is 21.2. The van der Waals surface area contributed by atoms with Gasteiger partial charge in [-0.25, -0.2) is 0 Å². The van der Waals surface area contributed by atoms with Gasteiger partial charge < -0.3 is 33.5 Å². The first kappa shape index (κ1) is 23.2. The molecule has 0 aliphatic heterocycles. The zero-order chi connectivity index (χ0) is 17.9. The van der Waals surface area contributed by atoms with E-state index < -0.39 is 5.97 Å². The standard InChI is InChI=1S/C16H32O8/c1-15(2)24-14-13-23-12-11-22-10-9-21-8-7-20-6-5-19-4-3-16(17)18/h15H,3-14H2,1-2H3,(H,17,18). The lowest BCUT2D eigenvalue weighted by molar-refractivity contribution is -0.138. The fourth-order valence-electron chi connectivity index (χ4n) is 1.48. The van der Waals surface area contributed by atoms with Gasteiger partial charge in [-0.3, -0.25) is 4.79 Å². The largest absolute Gasteiger partial charge is 0.481 e. The van der Waals surface area contributed by atoms with E-state index in [1.54, 1.807) is 0 Å². The van der Waals surface area contributed by atoms with Crippen LogP contribution in [0.1, 0.15) is 20.3 Å². The molecular weight excluding hydrogens is 320 g/mol. The van der Waals surface area contributed by atoms with Crippen LogP contribution in [-0.4, -0.2) is 89.9 Å². The van der Waals surface area contributed by atoms with Crippen LogP contribution in [0.25, 0.3) is 0 Å². The number of hydrogen-bond acceptors (Lipinski definition) is 7. The molecule has 0 aliphatic rings. The summed E-state index contributed by atoms with van der Waals surface area (Å²) >= 11 is 0. The molecule has 0 aromatic rings. The third-order valence-corrected chi connectivity index (χ3v) is 2.63. The number of carboxylic acids is 1. The lowest BCUT2D eigenvalue weighted by Gasteiger charge is -2.09. The second-order valence-electron chi connectivity index (χ2n) is 5.13. The number of hydrogen-bond donors (Lipinski definition) is 1. The Balaban J connectivity index is 2.99. The Labute approximate surface area is 144 Å². The summed E-state index contributed by atoms with van der Waals surface area (Å²) in [7, 11) is 0. The van der Waals surface area contributed by atoms with E-state index in [0.717, 1.165) is 0 Å². The maximum Gasteiger partial charge on any atom is 0.305 e.